The van der Waals surface area contributed by atoms with E-state index in [1.165, 1.54) is 0 Å². The lowest BCUT2D eigenvalue weighted by Gasteiger charge is -2.27. The number of anilines is 3. The van der Waals surface area contributed by atoms with Crippen LogP contribution in [-0.2, 0) is 9.53 Å². The first-order valence-corrected chi connectivity index (χ1v) is 13.5. The Bertz CT molecular complexity index is 1650. The van der Waals surface area contributed by atoms with Crippen LogP contribution in [0.1, 0.15) is 12.0 Å². The van der Waals surface area contributed by atoms with Gasteiger partial charge in [0.1, 0.15) is 5.56 Å². The number of rotatable bonds is 6. The summed E-state index contributed by atoms with van der Waals surface area (Å²) in [5, 5.41) is 19.4. The molecular formula is C29H27N9O3. The molecule has 7 rings (SSSR count). The van der Waals surface area contributed by atoms with Crippen molar-refractivity contribution in [1.29, 1.82) is 0 Å². The van der Waals surface area contributed by atoms with E-state index in [0.717, 1.165) is 23.4 Å². The van der Waals surface area contributed by atoms with Crippen LogP contribution in [0.5, 0.6) is 0 Å². The summed E-state index contributed by atoms with van der Waals surface area (Å²) >= 11 is 0. The molecule has 1 saturated heterocycles. The van der Waals surface area contributed by atoms with Crippen LogP contribution in [0.3, 0.4) is 0 Å². The highest BCUT2D eigenvalue weighted by molar-refractivity contribution is 6.13. The Labute approximate surface area is 235 Å². The average Bonchev–Trinajstić information content (AvgIpc) is 3.65. The number of benzodiazepines with no additional fused rings is 1. The molecule has 206 valence electrons. The van der Waals surface area contributed by atoms with Gasteiger partial charge in [-0.05, 0) is 24.6 Å². The fraction of sp³-hybridized carbons (Fsp3) is 0.241. The van der Waals surface area contributed by atoms with Gasteiger partial charge in [-0.2, -0.15) is 0 Å². The van der Waals surface area contributed by atoms with Crippen molar-refractivity contribution in [2.45, 2.75) is 12.6 Å². The van der Waals surface area contributed by atoms with E-state index in [2.05, 4.69) is 42.9 Å². The predicted octanol–water partition coefficient (Wildman–Crippen LogP) is 3.47. The van der Waals surface area contributed by atoms with Crippen LogP contribution in [0, 0.1) is 5.92 Å². The van der Waals surface area contributed by atoms with Gasteiger partial charge >= 0.3 is 6.01 Å². The molecule has 2 aliphatic heterocycles. The minimum absolute atomic E-state index is 0.0331. The van der Waals surface area contributed by atoms with Crippen molar-refractivity contribution in [2.24, 2.45) is 10.9 Å². The SMILES string of the molecule is O=C1Nc2ccccc2C(C2C=CC=CC2)=N[C@@H]1Nc1nnc(-c2cn(-c3cccnc3)nc2N2CCOCC2)o1. The molecule has 1 fully saturated rings. The van der Waals surface area contributed by atoms with Gasteiger partial charge in [-0.1, -0.05) is 47.6 Å². The van der Waals surface area contributed by atoms with E-state index in [9.17, 15) is 4.79 Å². The molecule has 0 radical (unpaired) electrons. The van der Waals surface area contributed by atoms with Gasteiger partial charge in [0.2, 0.25) is 6.17 Å². The van der Waals surface area contributed by atoms with Gasteiger partial charge in [-0.15, -0.1) is 10.2 Å². The van der Waals surface area contributed by atoms with Crippen LogP contribution in [0.4, 0.5) is 17.5 Å². The number of allylic oxidation sites excluding steroid dienone is 4. The Morgan fingerprint density at radius 1 is 1.02 bits per heavy atom. The third-order valence-electron chi connectivity index (χ3n) is 7.14. The monoisotopic (exact) mass is 549 g/mol. The highest BCUT2D eigenvalue weighted by Gasteiger charge is 2.30. The molecule has 1 unspecified atom stereocenters. The number of carbonyl (C=O) groups is 1. The Kier molecular flexibility index (Phi) is 6.57. The second kappa shape index (κ2) is 10.8. The molecule has 0 saturated carbocycles. The molecule has 12 nitrogen and oxygen atoms in total. The Morgan fingerprint density at radius 3 is 2.76 bits per heavy atom. The summed E-state index contributed by atoms with van der Waals surface area (Å²) in [7, 11) is 0. The molecule has 12 heteroatoms. The number of aliphatic imine (C=N–C) groups is 1. The third-order valence-corrected chi connectivity index (χ3v) is 7.14. The summed E-state index contributed by atoms with van der Waals surface area (Å²) < 4.78 is 13.3. The number of hydrogen-bond donors (Lipinski definition) is 2. The molecule has 4 aromatic rings. The lowest BCUT2D eigenvalue weighted by atomic mass is 9.90. The van der Waals surface area contributed by atoms with E-state index in [4.69, 9.17) is 19.2 Å². The van der Waals surface area contributed by atoms with E-state index in [1.807, 2.05) is 54.7 Å². The lowest BCUT2D eigenvalue weighted by Crippen LogP contribution is -2.36. The van der Waals surface area contributed by atoms with Crippen LogP contribution in [0.15, 0.2) is 88.7 Å². The molecule has 0 spiro atoms. The van der Waals surface area contributed by atoms with Crippen molar-refractivity contribution in [3.63, 3.8) is 0 Å². The van der Waals surface area contributed by atoms with Crippen molar-refractivity contribution in [3.8, 4) is 17.1 Å². The van der Waals surface area contributed by atoms with Crippen LogP contribution in [0.2, 0.25) is 0 Å². The highest BCUT2D eigenvalue weighted by Crippen LogP contribution is 2.32. The first-order valence-electron chi connectivity index (χ1n) is 13.5. The summed E-state index contributed by atoms with van der Waals surface area (Å²) in [4.78, 5) is 24.5. The molecule has 3 aliphatic rings. The molecule has 3 aromatic heterocycles. The van der Waals surface area contributed by atoms with E-state index < -0.39 is 6.17 Å². The van der Waals surface area contributed by atoms with Crippen LogP contribution in [-0.4, -0.2) is 69.0 Å². The molecule has 0 bridgehead atoms. The average molecular weight is 550 g/mol. The first-order chi connectivity index (χ1) is 20.2. The van der Waals surface area contributed by atoms with Gasteiger partial charge in [0, 0.05) is 42.7 Å². The number of nitrogens with one attached hydrogen (secondary N) is 2. The summed E-state index contributed by atoms with van der Waals surface area (Å²) in [5.41, 5.74) is 3.88. The van der Waals surface area contributed by atoms with Crippen LogP contribution >= 0.6 is 0 Å². The number of fused-ring (bicyclic) bond motifs is 1. The summed E-state index contributed by atoms with van der Waals surface area (Å²) in [5.74, 6) is 0.685. The van der Waals surface area contributed by atoms with E-state index in [1.54, 1.807) is 17.1 Å². The number of amides is 1. The highest BCUT2D eigenvalue weighted by atomic mass is 16.5. The van der Waals surface area contributed by atoms with Crippen molar-refractivity contribution in [3.05, 3.63) is 84.9 Å². The van der Waals surface area contributed by atoms with Gasteiger partial charge in [0.05, 0.1) is 30.8 Å². The molecule has 2 N–H and O–H groups in total. The largest absolute Gasteiger partial charge is 0.403 e. The number of aromatic nitrogens is 5. The number of morpholine rings is 1. The van der Waals surface area contributed by atoms with Crippen molar-refractivity contribution < 1.29 is 13.9 Å². The van der Waals surface area contributed by atoms with Crippen LogP contribution < -0.4 is 15.5 Å². The van der Waals surface area contributed by atoms with Gasteiger partial charge in [-0.25, -0.2) is 4.68 Å². The molecule has 1 amide bonds. The molecular weight excluding hydrogens is 522 g/mol. The second-order valence-corrected chi connectivity index (χ2v) is 9.79. The maximum atomic E-state index is 13.3. The lowest BCUT2D eigenvalue weighted by molar-refractivity contribution is -0.116. The fourth-order valence-electron chi connectivity index (χ4n) is 5.11. The summed E-state index contributed by atoms with van der Waals surface area (Å²) in [6, 6.07) is 11.5. The summed E-state index contributed by atoms with van der Waals surface area (Å²) in [6.45, 7) is 2.56. The number of para-hydroxylation sites is 1. The number of pyridine rings is 1. The van der Waals surface area contributed by atoms with Gasteiger partial charge in [-0.3, -0.25) is 14.8 Å². The predicted molar refractivity (Wildman–Crippen MR) is 153 cm³/mol. The zero-order valence-corrected chi connectivity index (χ0v) is 22.1. The smallest absolute Gasteiger partial charge is 0.317 e. The Hall–Kier alpha value is -5.10. The minimum atomic E-state index is -0.971. The quantitative estimate of drug-likeness (QED) is 0.371. The topological polar surface area (TPSA) is 136 Å². The summed E-state index contributed by atoms with van der Waals surface area (Å²) in [6.07, 6.45) is 13.3. The number of benzene rings is 1. The molecule has 1 aromatic carbocycles. The Balaban J connectivity index is 1.21. The molecule has 1 aliphatic carbocycles. The minimum Gasteiger partial charge on any atom is -0.403 e. The first kappa shape index (κ1) is 24.9. The van der Waals surface area contributed by atoms with Crippen molar-refractivity contribution >= 4 is 29.1 Å². The number of hydrogen-bond acceptors (Lipinski definition) is 10. The number of nitrogens with zero attached hydrogens (tertiary/aromatic N) is 7. The molecule has 5 heterocycles. The molecule has 41 heavy (non-hydrogen) atoms. The Morgan fingerprint density at radius 2 is 1.93 bits per heavy atom. The zero-order valence-electron chi connectivity index (χ0n) is 22.1. The van der Waals surface area contributed by atoms with E-state index in [-0.39, 0.29) is 23.7 Å². The zero-order chi connectivity index (χ0) is 27.6. The van der Waals surface area contributed by atoms with Crippen molar-refractivity contribution in [1.82, 2.24) is 25.0 Å². The van der Waals surface area contributed by atoms with Gasteiger partial charge in [0.15, 0.2) is 5.82 Å². The maximum Gasteiger partial charge on any atom is 0.317 e. The second-order valence-electron chi connectivity index (χ2n) is 9.79. The fourth-order valence-corrected chi connectivity index (χ4v) is 5.11. The normalized spacial score (nSPS) is 20.2. The standard InChI is InChI=1S/C29H27N9O3/c39-27-25(32-24(19-7-2-1-3-8-19)21-10-4-5-11-23(21)31-27)33-29-35-34-28(41-29)22-18-38(20-9-6-12-30-17-20)36-26(22)37-13-15-40-16-14-37/h1-7,9-12,17-19,25H,8,13-16H2,(H,31,39)(H,33,35)/t19?,25-/m1/s1. The van der Waals surface area contributed by atoms with Crippen LogP contribution in [0.25, 0.3) is 17.1 Å². The van der Waals surface area contributed by atoms with Gasteiger partial charge in [0.25, 0.3) is 11.8 Å². The molecule has 2 atom stereocenters. The van der Waals surface area contributed by atoms with Crippen molar-refractivity contribution in [2.75, 3.05) is 41.8 Å². The number of carbonyl (C=O) groups excluding carboxylic acids is 1. The maximum absolute atomic E-state index is 13.3. The van der Waals surface area contributed by atoms with E-state index >= 15 is 0 Å². The number of ether oxygens (including phenoxy) is 1. The van der Waals surface area contributed by atoms with E-state index in [0.29, 0.717) is 43.4 Å². The van der Waals surface area contributed by atoms with Gasteiger partial charge < -0.3 is 24.7 Å². The third kappa shape index (κ3) is 5.00.